The van der Waals surface area contributed by atoms with Gasteiger partial charge in [0, 0.05) is 23.2 Å². The zero-order valence-corrected chi connectivity index (χ0v) is 23.3. The molecule has 7 atom stereocenters. The molecule has 2 bridgehead atoms. The average Bonchev–Trinajstić information content (AvgIpc) is 3.44. The van der Waals surface area contributed by atoms with Gasteiger partial charge in [0.2, 0.25) is 11.8 Å². The number of carbonyl (C=O) groups is 3. The van der Waals surface area contributed by atoms with Crippen LogP contribution in [0.5, 0.6) is 0 Å². The summed E-state index contributed by atoms with van der Waals surface area (Å²) >= 11 is 5.35. The maximum atomic E-state index is 14.0. The highest BCUT2D eigenvalue weighted by atomic mass is 79.9. The number of ether oxygens (including phenoxy) is 1. The Bertz CT molecular complexity index is 826. The van der Waals surface area contributed by atoms with Gasteiger partial charge in [0.15, 0.2) is 0 Å². The number of hydrogen-bond donors (Lipinski definition) is 1. The van der Waals surface area contributed by atoms with Crippen molar-refractivity contribution in [3.8, 4) is 0 Å². The van der Waals surface area contributed by atoms with E-state index in [-0.39, 0.29) is 34.5 Å². The minimum atomic E-state index is -0.737. The summed E-state index contributed by atoms with van der Waals surface area (Å²) in [4.78, 5) is 44.6. The van der Waals surface area contributed by atoms with Crippen molar-refractivity contribution in [2.24, 2.45) is 11.8 Å². The van der Waals surface area contributed by atoms with Gasteiger partial charge in [0.1, 0.15) is 6.04 Å². The minimum absolute atomic E-state index is 0.00181. The second-order valence-corrected chi connectivity index (χ2v) is 12.5. The highest BCUT2D eigenvalue weighted by Crippen LogP contribution is 2.68. The van der Waals surface area contributed by atoms with E-state index < -0.39 is 28.7 Å². The molecule has 1 spiro atoms. The molecule has 3 unspecified atom stereocenters. The number of amides is 2. The Balaban J connectivity index is 1.93. The molecule has 35 heavy (non-hydrogen) atoms. The van der Waals surface area contributed by atoms with Gasteiger partial charge in [-0.25, -0.2) is 0 Å². The van der Waals surface area contributed by atoms with Gasteiger partial charge >= 0.3 is 5.97 Å². The van der Waals surface area contributed by atoms with Crippen molar-refractivity contribution in [1.29, 1.82) is 0 Å². The maximum absolute atomic E-state index is 14.0. The number of unbranched alkanes of at least 4 members (excludes halogenated alkanes) is 3. The van der Waals surface area contributed by atoms with Crippen LogP contribution in [-0.2, 0) is 19.1 Å². The Kier molecular flexibility index (Phi) is 9.91. The average molecular weight is 572 g/mol. The molecule has 3 fully saturated rings. The van der Waals surface area contributed by atoms with E-state index in [1.54, 1.807) is 34.6 Å². The summed E-state index contributed by atoms with van der Waals surface area (Å²) in [5.41, 5.74) is 0. The Hall–Kier alpha value is -1.32. The lowest BCUT2D eigenvalue weighted by atomic mass is 9.71. The van der Waals surface area contributed by atoms with Gasteiger partial charge in [-0.3, -0.25) is 14.4 Å². The van der Waals surface area contributed by atoms with E-state index in [9.17, 15) is 19.5 Å². The van der Waals surface area contributed by atoms with E-state index in [0.717, 1.165) is 32.1 Å². The number of thioether (sulfide) groups is 1. The standard InChI is InChI=1S/C26H39BrN2O5S/c1-5-8-10-11-14-34-25(33)19-20-23(31)29(17(4)16-30)22(26(20)15-18(27)21(19)35-26)24(32)28(12-7-3)13-9-6-2/h5,7,17-22,30H,1,3,6,8-16H2,2,4H3/t17-,18?,19+,20+,21+,22?,26?/m1/s1. The van der Waals surface area contributed by atoms with E-state index in [2.05, 4.69) is 36.0 Å². The predicted molar refractivity (Wildman–Crippen MR) is 142 cm³/mol. The quantitative estimate of drug-likeness (QED) is 0.149. The Morgan fingerprint density at radius 2 is 2.09 bits per heavy atom. The van der Waals surface area contributed by atoms with E-state index in [0.29, 0.717) is 26.1 Å². The number of allylic oxidation sites excluding steroid dienone is 1. The first kappa shape index (κ1) is 28.3. The topological polar surface area (TPSA) is 87.1 Å². The molecule has 3 rings (SSSR count). The highest BCUT2D eigenvalue weighted by Gasteiger charge is 2.76. The molecule has 3 aliphatic rings. The minimum Gasteiger partial charge on any atom is -0.465 e. The van der Waals surface area contributed by atoms with E-state index in [1.807, 2.05) is 6.08 Å². The third-order valence-electron chi connectivity index (χ3n) is 7.46. The molecule has 0 aliphatic carbocycles. The number of halogens is 1. The van der Waals surface area contributed by atoms with Gasteiger partial charge < -0.3 is 19.6 Å². The number of carbonyl (C=O) groups excluding carboxylic acids is 3. The van der Waals surface area contributed by atoms with Crippen molar-refractivity contribution in [2.75, 3.05) is 26.3 Å². The van der Waals surface area contributed by atoms with Crippen LogP contribution < -0.4 is 0 Å². The van der Waals surface area contributed by atoms with Crippen molar-refractivity contribution >= 4 is 45.5 Å². The fourth-order valence-electron chi connectivity index (χ4n) is 5.81. The number of aliphatic hydroxyl groups is 1. The summed E-state index contributed by atoms with van der Waals surface area (Å²) in [6, 6.07) is -1.27. The highest BCUT2D eigenvalue weighted by molar-refractivity contribution is 9.09. The molecule has 0 aromatic rings. The molecular formula is C26H39BrN2O5S. The van der Waals surface area contributed by atoms with Crippen molar-refractivity contribution in [3.63, 3.8) is 0 Å². The smallest absolute Gasteiger partial charge is 0.310 e. The maximum Gasteiger partial charge on any atom is 0.310 e. The van der Waals surface area contributed by atoms with Gasteiger partial charge in [0.25, 0.3) is 0 Å². The van der Waals surface area contributed by atoms with Crippen LogP contribution in [0.1, 0.15) is 52.4 Å². The number of esters is 1. The zero-order chi connectivity index (χ0) is 25.8. The number of hydrogen-bond acceptors (Lipinski definition) is 6. The molecule has 2 amide bonds. The van der Waals surface area contributed by atoms with Gasteiger partial charge in [0.05, 0.1) is 35.8 Å². The van der Waals surface area contributed by atoms with Crippen molar-refractivity contribution in [2.45, 2.75) is 79.3 Å². The molecule has 7 nitrogen and oxygen atoms in total. The first-order chi connectivity index (χ1) is 16.8. The van der Waals surface area contributed by atoms with Crippen LogP contribution in [0.25, 0.3) is 0 Å². The molecule has 0 radical (unpaired) electrons. The fourth-order valence-corrected chi connectivity index (χ4v) is 9.39. The predicted octanol–water partition coefficient (Wildman–Crippen LogP) is 3.55. The number of alkyl halides is 1. The Morgan fingerprint density at radius 3 is 2.71 bits per heavy atom. The van der Waals surface area contributed by atoms with Gasteiger partial charge in [-0.05, 0) is 39.0 Å². The van der Waals surface area contributed by atoms with E-state index in [4.69, 9.17) is 4.74 Å². The van der Waals surface area contributed by atoms with Crippen LogP contribution in [-0.4, -0.2) is 85.9 Å². The van der Waals surface area contributed by atoms with Crippen LogP contribution in [0, 0.1) is 11.8 Å². The number of likely N-dealkylation sites (tertiary alicyclic amines) is 1. The monoisotopic (exact) mass is 570 g/mol. The Morgan fingerprint density at radius 1 is 1.34 bits per heavy atom. The largest absolute Gasteiger partial charge is 0.465 e. The summed E-state index contributed by atoms with van der Waals surface area (Å²) in [5.74, 6) is -1.95. The summed E-state index contributed by atoms with van der Waals surface area (Å²) in [6.07, 6.45) is 8.45. The van der Waals surface area contributed by atoms with E-state index in [1.165, 1.54) is 0 Å². The molecule has 0 aromatic carbocycles. The van der Waals surface area contributed by atoms with Crippen LogP contribution in [0.4, 0.5) is 0 Å². The SMILES string of the molecule is C=CCCCCOC(=O)[C@H]1[C@H]2C(=O)N([C@H](C)CO)C(C(=O)N(CC=C)CCCC)C23CC(Br)[C@@H]1S3. The molecular weight excluding hydrogens is 532 g/mol. The summed E-state index contributed by atoms with van der Waals surface area (Å²) in [5, 5.41) is 9.86. The molecule has 3 saturated heterocycles. The first-order valence-electron chi connectivity index (χ1n) is 12.7. The summed E-state index contributed by atoms with van der Waals surface area (Å²) in [6.45, 7) is 12.4. The molecule has 0 aromatic heterocycles. The van der Waals surface area contributed by atoms with Crippen molar-refractivity contribution in [3.05, 3.63) is 25.3 Å². The number of aliphatic hydroxyl groups excluding tert-OH is 1. The zero-order valence-electron chi connectivity index (χ0n) is 20.9. The number of fused-ring (bicyclic) bond motifs is 1. The lowest BCUT2D eigenvalue weighted by Crippen LogP contribution is -2.57. The van der Waals surface area contributed by atoms with Crippen molar-refractivity contribution in [1.82, 2.24) is 9.80 Å². The van der Waals surface area contributed by atoms with Gasteiger partial charge in [-0.1, -0.05) is 41.4 Å². The lowest BCUT2D eigenvalue weighted by molar-refractivity contribution is -0.154. The first-order valence-corrected chi connectivity index (χ1v) is 14.5. The molecule has 3 heterocycles. The second-order valence-electron chi connectivity index (χ2n) is 9.82. The van der Waals surface area contributed by atoms with E-state index >= 15 is 0 Å². The third-order valence-corrected chi connectivity index (χ3v) is 10.7. The van der Waals surface area contributed by atoms with Crippen LogP contribution in [0.3, 0.4) is 0 Å². The molecule has 9 heteroatoms. The summed E-state index contributed by atoms with van der Waals surface area (Å²) < 4.78 is 4.92. The lowest BCUT2D eigenvalue weighted by Gasteiger charge is -2.39. The number of rotatable bonds is 14. The molecule has 0 saturated carbocycles. The van der Waals surface area contributed by atoms with Gasteiger partial charge in [-0.15, -0.1) is 24.9 Å². The van der Waals surface area contributed by atoms with Crippen LogP contribution in [0.2, 0.25) is 0 Å². The third kappa shape index (κ3) is 5.23. The number of nitrogens with zero attached hydrogens (tertiary/aromatic N) is 2. The van der Waals surface area contributed by atoms with Gasteiger partial charge in [-0.2, -0.15) is 0 Å². The van der Waals surface area contributed by atoms with Crippen LogP contribution >= 0.6 is 27.7 Å². The Labute approximate surface area is 221 Å². The fraction of sp³-hybridized carbons (Fsp3) is 0.731. The molecule has 196 valence electrons. The molecule has 1 N–H and O–H groups in total. The summed E-state index contributed by atoms with van der Waals surface area (Å²) in [7, 11) is 0. The van der Waals surface area contributed by atoms with Crippen LogP contribution in [0.15, 0.2) is 25.3 Å². The second kappa shape index (κ2) is 12.3. The van der Waals surface area contributed by atoms with Crippen molar-refractivity contribution < 1.29 is 24.2 Å². The normalized spacial score (nSPS) is 31.8. The molecule has 3 aliphatic heterocycles.